The molecule has 2 atom stereocenters. The Morgan fingerprint density at radius 2 is 1.81 bits per heavy atom. The minimum absolute atomic E-state index is 0.144. The molecule has 3 heterocycles. The van der Waals surface area contributed by atoms with E-state index in [9.17, 15) is 0 Å². The van der Waals surface area contributed by atoms with E-state index in [1.165, 1.54) is 44.7 Å². The number of nitrogens with two attached hydrogens (primary N) is 1. The summed E-state index contributed by atoms with van der Waals surface area (Å²) in [6, 6.07) is 11.9. The van der Waals surface area contributed by atoms with Crippen LogP contribution in [0.15, 0.2) is 54.4 Å². The van der Waals surface area contributed by atoms with Crippen molar-refractivity contribution in [3.8, 4) is 0 Å². The third kappa shape index (κ3) is 6.13. The fourth-order valence-corrected chi connectivity index (χ4v) is 5.23. The number of likely N-dealkylation sites (tertiary alicyclic amines) is 1. The monoisotopic (exact) mass is 438 g/mol. The molecule has 0 spiro atoms. The van der Waals surface area contributed by atoms with E-state index in [1.54, 1.807) is 0 Å². The molecule has 0 aromatic heterocycles. The Balaban J connectivity index is 1.24. The van der Waals surface area contributed by atoms with Crippen molar-refractivity contribution in [3.05, 3.63) is 59.9 Å². The molecule has 176 valence electrons. The van der Waals surface area contributed by atoms with Crippen molar-refractivity contribution in [1.82, 2.24) is 25.3 Å². The summed E-state index contributed by atoms with van der Waals surface area (Å²) in [5.41, 5.74) is 7.45. The van der Waals surface area contributed by atoms with Gasteiger partial charge in [-0.1, -0.05) is 42.5 Å². The highest BCUT2D eigenvalue weighted by atomic mass is 15.3. The van der Waals surface area contributed by atoms with Crippen molar-refractivity contribution in [2.75, 3.05) is 45.8 Å². The van der Waals surface area contributed by atoms with E-state index >= 15 is 0 Å². The second-order valence-corrected chi connectivity index (χ2v) is 9.72. The first-order valence-electron chi connectivity index (χ1n) is 12.5. The molecular formula is C26H42N6. The third-order valence-electron chi connectivity index (χ3n) is 7.26. The van der Waals surface area contributed by atoms with Gasteiger partial charge in [0.1, 0.15) is 5.82 Å². The van der Waals surface area contributed by atoms with Gasteiger partial charge in [-0.3, -0.25) is 10.2 Å². The molecule has 2 saturated heterocycles. The molecule has 0 amide bonds. The van der Waals surface area contributed by atoms with Crippen LogP contribution >= 0.6 is 0 Å². The summed E-state index contributed by atoms with van der Waals surface area (Å²) >= 11 is 0. The zero-order chi connectivity index (χ0) is 22.3. The zero-order valence-corrected chi connectivity index (χ0v) is 19.9. The van der Waals surface area contributed by atoms with Crippen LogP contribution < -0.4 is 16.4 Å². The SMILES string of the molecule is CC(C)N1CCC(N2CCCN(C3=CC=CC(CNC(N)c4ccccc4)N3)CC2)CC1. The summed E-state index contributed by atoms with van der Waals surface area (Å²) in [4.78, 5) is 7.92. The molecule has 1 aromatic carbocycles. The van der Waals surface area contributed by atoms with E-state index in [0.29, 0.717) is 6.04 Å². The molecule has 0 aliphatic carbocycles. The van der Waals surface area contributed by atoms with Gasteiger partial charge in [0.25, 0.3) is 0 Å². The quantitative estimate of drug-likeness (QED) is 0.569. The number of rotatable bonds is 7. The van der Waals surface area contributed by atoms with Gasteiger partial charge in [0.2, 0.25) is 0 Å². The maximum atomic E-state index is 6.32. The molecule has 3 aliphatic rings. The number of hydrogen-bond acceptors (Lipinski definition) is 6. The molecular weight excluding hydrogens is 396 g/mol. The molecule has 0 bridgehead atoms. The lowest BCUT2D eigenvalue weighted by Gasteiger charge is -2.39. The molecule has 3 aliphatic heterocycles. The largest absolute Gasteiger partial charge is 0.364 e. The zero-order valence-electron chi connectivity index (χ0n) is 19.9. The summed E-state index contributed by atoms with van der Waals surface area (Å²) in [5, 5.41) is 7.20. The van der Waals surface area contributed by atoms with Crippen molar-refractivity contribution in [2.45, 2.75) is 57.4 Å². The average molecular weight is 439 g/mol. The number of nitrogens with one attached hydrogen (secondary N) is 2. The van der Waals surface area contributed by atoms with Crippen LogP contribution in [0.1, 0.15) is 44.8 Å². The normalized spacial score (nSPS) is 24.8. The van der Waals surface area contributed by atoms with Gasteiger partial charge < -0.3 is 20.9 Å². The van der Waals surface area contributed by atoms with Crippen molar-refractivity contribution in [2.24, 2.45) is 5.73 Å². The summed E-state index contributed by atoms with van der Waals surface area (Å²) < 4.78 is 0. The first-order valence-corrected chi connectivity index (χ1v) is 12.5. The Bertz CT molecular complexity index is 753. The van der Waals surface area contributed by atoms with Crippen LogP contribution in [-0.4, -0.2) is 78.6 Å². The molecule has 6 heteroatoms. The van der Waals surface area contributed by atoms with Crippen LogP contribution in [0.3, 0.4) is 0 Å². The molecule has 0 radical (unpaired) electrons. The standard InChI is InChI=1S/C26H42N6/c1-21(2)30-16-12-24(13-17-30)31-14-7-15-32(19-18-31)25-11-6-10-23(29-25)20-28-26(27)22-8-4-3-5-9-22/h3-6,8-11,21,23-24,26,28-29H,7,12-20,27H2,1-2H3. The maximum Gasteiger partial charge on any atom is 0.102 e. The van der Waals surface area contributed by atoms with Gasteiger partial charge in [0.05, 0.1) is 12.2 Å². The average Bonchev–Trinajstić information content (AvgIpc) is 3.10. The number of benzene rings is 1. The number of dihydropyridines is 1. The summed E-state index contributed by atoms with van der Waals surface area (Å²) in [5.74, 6) is 1.25. The topological polar surface area (TPSA) is 59.8 Å². The highest BCUT2D eigenvalue weighted by Crippen LogP contribution is 2.21. The highest BCUT2D eigenvalue weighted by molar-refractivity contribution is 5.21. The molecule has 4 N–H and O–H groups in total. The van der Waals surface area contributed by atoms with Crippen molar-refractivity contribution < 1.29 is 0 Å². The van der Waals surface area contributed by atoms with Crippen molar-refractivity contribution in [3.63, 3.8) is 0 Å². The van der Waals surface area contributed by atoms with E-state index < -0.39 is 0 Å². The van der Waals surface area contributed by atoms with Crippen LogP contribution in [0.2, 0.25) is 0 Å². The predicted molar refractivity (Wildman–Crippen MR) is 133 cm³/mol. The Morgan fingerprint density at radius 1 is 1.03 bits per heavy atom. The van der Waals surface area contributed by atoms with Crippen molar-refractivity contribution in [1.29, 1.82) is 0 Å². The van der Waals surface area contributed by atoms with Gasteiger partial charge in [-0.15, -0.1) is 0 Å². The number of allylic oxidation sites excluding steroid dienone is 2. The van der Waals surface area contributed by atoms with E-state index in [-0.39, 0.29) is 12.2 Å². The lowest BCUT2D eigenvalue weighted by molar-refractivity contribution is 0.0946. The van der Waals surface area contributed by atoms with Gasteiger partial charge in [0, 0.05) is 44.8 Å². The number of piperidine rings is 1. The minimum Gasteiger partial charge on any atom is -0.364 e. The third-order valence-corrected chi connectivity index (χ3v) is 7.26. The van der Waals surface area contributed by atoms with Crippen molar-refractivity contribution >= 4 is 0 Å². The lowest BCUT2D eigenvalue weighted by Crippen LogP contribution is -2.48. The van der Waals surface area contributed by atoms with Gasteiger partial charge in [-0.2, -0.15) is 0 Å². The van der Waals surface area contributed by atoms with Gasteiger partial charge in [0.15, 0.2) is 0 Å². The molecule has 6 nitrogen and oxygen atoms in total. The fraction of sp³-hybridized carbons (Fsp3) is 0.615. The highest BCUT2D eigenvalue weighted by Gasteiger charge is 2.28. The summed E-state index contributed by atoms with van der Waals surface area (Å²) in [6.07, 6.45) is 10.4. The maximum absolute atomic E-state index is 6.32. The summed E-state index contributed by atoms with van der Waals surface area (Å²) in [7, 11) is 0. The summed E-state index contributed by atoms with van der Waals surface area (Å²) in [6.45, 7) is 12.6. The van der Waals surface area contributed by atoms with Gasteiger partial charge in [-0.25, -0.2) is 0 Å². The minimum atomic E-state index is -0.144. The van der Waals surface area contributed by atoms with Gasteiger partial charge in [-0.05, 0) is 57.8 Å². The molecule has 0 saturated carbocycles. The first-order chi connectivity index (χ1) is 15.6. The van der Waals surface area contributed by atoms with Crippen LogP contribution in [0.4, 0.5) is 0 Å². The predicted octanol–water partition coefficient (Wildman–Crippen LogP) is 2.48. The molecule has 2 fully saturated rings. The van der Waals surface area contributed by atoms with Crippen LogP contribution in [0, 0.1) is 0 Å². The van der Waals surface area contributed by atoms with E-state index in [1.807, 2.05) is 18.2 Å². The molecule has 32 heavy (non-hydrogen) atoms. The Morgan fingerprint density at radius 3 is 2.56 bits per heavy atom. The fourth-order valence-electron chi connectivity index (χ4n) is 5.23. The van der Waals surface area contributed by atoms with Crippen LogP contribution in [-0.2, 0) is 0 Å². The lowest BCUT2D eigenvalue weighted by atomic mass is 10.0. The van der Waals surface area contributed by atoms with Crippen LogP contribution in [0.25, 0.3) is 0 Å². The Kier molecular flexibility index (Phi) is 8.25. The smallest absolute Gasteiger partial charge is 0.102 e. The number of nitrogens with zero attached hydrogens (tertiary/aromatic N) is 3. The number of hydrogen-bond donors (Lipinski definition) is 3. The second kappa shape index (κ2) is 11.3. The molecule has 1 aromatic rings. The second-order valence-electron chi connectivity index (χ2n) is 9.72. The molecule has 2 unspecified atom stereocenters. The van der Waals surface area contributed by atoms with Gasteiger partial charge >= 0.3 is 0 Å². The molecule has 4 rings (SSSR count). The Labute approximate surface area is 194 Å². The van der Waals surface area contributed by atoms with Crippen LogP contribution in [0.5, 0.6) is 0 Å². The van der Waals surface area contributed by atoms with E-state index in [2.05, 4.69) is 69.5 Å². The Hall–Kier alpha value is -1.86. The van der Waals surface area contributed by atoms with E-state index in [4.69, 9.17) is 5.73 Å². The first kappa shape index (κ1) is 23.3. The van der Waals surface area contributed by atoms with E-state index in [0.717, 1.165) is 37.8 Å².